The number of imide groups is 1. The Kier molecular flexibility index (Phi) is 7.24. The molecule has 0 saturated carbocycles. The molecule has 0 aliphatic carbocycles. The maximum atomic E-state index is 13.6. The lowest BCUT2D eigenvalue weighted by Gasteiger charge is -2.08. The van der Waals surface area contributed by atoms with Crippen molar-refractivity contribution in [3.05, 3.63) is 100 Å². The third-order valence-electron chi connectivity index (χ3n) is 4.38. The number of rotatable bonds is 5. The summed E-state index contributed by atoms with van der Waals surface area (Å²) < 4.78 is 27.3. The highest BCUT2D eigenvalue weighted by Crippen LogP contribution is 2.13. The van der Waals surface area contributed by atoms with E-state index in [0.717, 1.165) is 29.3 Å². The minimum Gasteiger partial charge on any atom is -0.313 e. The van der Waals surface area contributed by atoms with Gasteiger partial charge in [0.15, 0.2) is 0 Å². The SMILES string of the molecule is Cc1cc(C)cc(C(=O)O/N=C/c2ccc(NC(=O)NC(=O)c3c(F)cccc3F)cc2)c1. The first kappa shape index (κ1) is 23.3. The van der Waals surface area contributed by atoms with E-state index in [1.54, 1.807) is 24.3 Å². The molecule has 0 aromatic heterocycles. The third-order valence-corrected chi connectivity index (χ3v) is 4.38. The van der Waals surface area contributed by atoms with E-state index in [1.807, 2.05) is 25.2 Å². The molecule has 0 saturated heterocycles. The molecule has 0 bridgehead atoms. The summed E-state index contributed by atoms with van der Waals surface area (Å²) in [7, 11) is 0. The van der Waals surface area contributed by atoms with E-state index in [1.165, 1.54) is 18.3 Å². The number of carbonyl (C=O) groups excluding carboxylic acids is 3. The van der Waals surface area contributed by atoms with Gasteiger partial charge in [-0.1, -0.05) is 40.5 Å². The highest BCUT2D eigenvalue weighted by atomic mass is 19.1. The van der Waals surface area contributed by atoms with Gasteiger partial charge in [0.1, 0.15) is 17.2 Å². The van der Waals surface area contributed by atoms with E-state index in [2.05, 4.69) is 10.5 Å². The zero-order valence-electron chi connectivity index (χ0n) is 17.7. The predicted octanol–water partition coefficient (Wildman–Crippen LogP) is 4.73. The molecule has 0 aliphatic heterocycles. The fourth-order valence-electron chi connectivity index (χ4n) is 2.98. The van der Waals surface area contributed by atoms with Crippen LogP contribution in [-0.2, 0) is 4.84 Å². The Morgan fingerprint density at radius 3 is 2.12 bits per heavy atom. The van der Waals surface area contributed by atoms with Gasteiger partial charge in [-0.05, 0) is 55.8 Å². The highest BCUT2D eigenvalue weighted by Gasteiger charge is 2.19. The van der Waals surface area contributed by atoms with Gasteiger partial charge in [-0.25, -0.2) is 18.4 Å². The number of urea groups is 1. The number of hydrogen-bond acceptors (Lipinski definition) is 5. The molecule has 0 spiro atoms. The fourth-order valence-corrected chi connectivity index (χ4v) is 2.98. The lowest BCUT2D eigenvalue weighted by molar-refractivity contribution is 0.0518. The van der Waals surface area contributed by atoms with Gasteiger partial charge in [-0.3, -0.25) is 10.1 Å². The zero-order chi connectivity index (χ0) is 24.0. The molecule has 3 aromatic carbocycles. The van der Waals surface area contributed by atoms with Crippen molar-refractivity contribution in [2.75, 3.05) is 5.32 Å². The van der Waals surface area contributed by atoms with Crippen molar-refractivity contribution >= 4 is 29.8 Å². The molecule has 2 N–H and O–H groups in total. The van der Waals surface area contributed by atoms with Crippen LogP contribution in [0.4, 0.5) is 19.3 Å². The number of aryl methyl sites for hydroxylation is 2. The minimum atomic E-state index is -1.21. The van der Waals surface area contributed by atoms with Crippen molar-refractivity contribution in [3.63, 3.8) is 0 Å². The van der Waals surface area contributed by atoms with Crippen molar-refractivity contribution in [2.45, 2.75) is 13.8 Å². The quantitative estimate of drug-likeness (QED) is 0.333. The monoisotopic (exact) mass is 451 g/mol. The van der Waals surface area contributed by atoms with Crippen LogP contribution in [-0.4, -0.2) is 24.1 Å². The minimum absolute atomic E-state index is 0.304. The number of nitrogens with zero attached hydrogens (tertiary/aromatic N) is 1. The van der Waals surface area contributed by atoms with Gasteiger partial charge >= 0.3 is 12.0 Å². The highest BCUT2D eigenvalue weighted by molar-refractivity contribution is 6.08. The summed E-state index contributed by atoms with van der Waals surface area (Å²) in [6.07, 6.45) is 1.31. The molecule has 0 aliphatic rings. The van der Waals surface area contributed by atoms with Crippen LogP contribution < -0.4 is 10.6 Å². The van der Waals surface area contributed by atoms with Crippen molar-refractivity contribution < 1.29 is 28.0 Å². The van der Waals surface area contributed by atoms with Crippen LogP contribution in [0.3, 0.4) is 0 Å². The summed E-state index contributed by atoms with van der Waals surface area (Å²) in [5.41, 5.74) is 2.27. The van der Waals surface area contributed by atoms with Crippen molar-refractivity contribution in [1.29, 1.82) is 0 Å². The summed E-state index contributed by atoms with van der Waals surface area (Å²) in [4.78, 5) is 40.9. The number of carbonyl (C=O) groups is 3. The average Bonchev–Trinajstić information content (AvgIpc) is 2.74. The van der Waals surface area contributed by atoms with E-state index in [9.17, 15) is 23.2 Å². The number of amides is 3. The van der Waals surface area contributed by atoms with Crippen molar-refractivity contribution in [2.24, 2.45) is 5.16 Å². The molecule has 7 nitrogen and oxygen atoms in total. The molecule has 3 aromatic rings. The predicted molar refractivity (Wildman–Crippen MR) is 118 cm³/mol. The van der Waals surface area contributed by atoms with E-state index in [0.29, 0.717) is 16.8 Å². The second kappa shape index (κ2) is 10.3. The van der Waals surface area contributed by atoms with Crippen molar-refractivity contribution in [1.82, 2.24) is 5.32 Å². The zero-order valence-corrected chi connectivity index (χ0v) is 17.7. The number of benzene rings is 3. The summed E-state index contributed by atoms with van der Waals surface area (Å²) in [5.74, 6) is -3.97. The number of anilines is 1. The second-order valence-corrected chi connectivity index (χ2v) is 7.12. The Labute approximate surface area is 188 Å². The molecule has 0 fully saturated rings. The summed E-state index contributed by atoms with van der Waals surface area (Å²) in [5, 5.41) is 7.90. The van der Waals surface area contributed by atoms with Gasteiger partial charge in [-0.2, -0.15) is 0 Å². The molecular weight excluding hydrogens is 432 g/mol. The van der Waals surface area contributed by atoms with Gasteiger partial charge < -0.3 is 10.2 Å². The number of oxime groups is 1. The van der Waals surface area contributed by atoms with Gasteiger partial charge in [-0.15, -0.1) is 0 Å². The Morgan fingerprint density at radius 1 is 0.909 bits per heavy atom. The van der Waals surface area contributed by atoms with Gasteiger partial charge in [0.2, 0.25) is 0 Å². The van der Waals surface area contributed by atoms with E-state index >= 15 is 0 Å². The van der Waals surface area contributed by atoms with Crippen LogP contribution in [0.5, 0.6) is 0 Å². The molecule has 0 radical (unpaired) electrons. The van der Waals surface area contributed by atoms with Gasteiger partial charge in [0.25, 0.3) is 5.91 Å². The summed E-state index contributed by atoms with van der Waals surface area (Å²) in [6, 6.07) is 13.4. The van der Waals surface area contributed by atoms with Crippen LogP contribution in [0, 0.1) is 25.5 Å². The van der Waals surface area contributed by atoms with E-state index in [-0.39, 0.29) is 0 Å². The second-order valence-electron chi connectivity index (χ2n) is 7.12. The Bertz CT molecular complexity index is 1200. The topological polar surface area (TPSA) is 96.9 Å². The van der Waals surface area contributed by atoms with E-state index < -0.39 is 35.1 Å². The molecule has 33 heavy (non-hydrogen) atoms. The van der Waals surface area contributed by atoms with Crippen LogP contribution in [0.25, 0.3) is 0 Å². The lowest BCUT2D eigenvalue weighted by Crippen LogP contribution is -2.35. The standard InChI is InChI=1S/C24H19F2N3O4/c1-14-10-15(2)12-17(11-14)23(31)33-27-13-16-6-8-18(9-7-16)28-24(32)29-22(30)21-19(25)4-3-5-20(21)26/h3-13H,1-2H3,(H2,28,29,30,32)/b27-13+. The lowest BCUT2D eigenvalue weighted by atomic mass is 10.1. The largest absolute Gasteiger partial charge is 0.365 e. The molecule has 0 unspecified atom stereocenters. The maximum absolute atomic E-state index is 13.6. The van der Waals surface area contributed by atoms with Crippen LogP contribution >= 0.6 is 0 Å². The molecule has 3 amide bonds. The Morgan fingerprint density at radius 2 is 1.52 bits per heavy atom. The number of hydrogen-bond donors (Lipinski definition) is 2. The molecule has 3 rings (SSSR count). The summed E-state index contributed by atoms with van der Waals surface area (Å²) >= 11 is 0. The Balaban J connectivity index is 1.55. The van der Waals surface area contributed by atoms with Gasteiger partial charge in [0, 0.05) is 5.69 Å². The molecule has 168 valence electrons. The molecular formula is C24H19F2N3O4. The normalized spacial score (nSPS) is 10.7. The van der Waals surface area contributed by atoms with Crippen LogP contribution in [0.2, 0.25) is 0 Å². The first-order chi connectivity index (χ1) is 15.7. The van der Waals surface area contributed by atoms with E-state index in [4.69, 9.17) is 4.84 Å². The maximum Gasteiger partial charge on any atom is 0.365 e. The van der Waals surface area contributed by atoms with Crippen LogP contribution in [0.1, 0.15) is 37.4 Å². The third kappa shape index (κ3) is 6.30. The van der Waals surface area contributed by atoms with Crippen LogP contribution in [0.15, 0.2) is 65.8 Å². The van der Waals surface area contributed by atoms with Crippen molar-refractivity contribution in [3.8, 4) is 0 Å². The molecule has 0 atom stereocenters. The molecule has 0 heterocycles. The fraction of sp³-hybridized carbons (Fsp3) is 0.0833. The Hall–Kier alpha value is -4.40. The van der Waals surface area contributed by atoms with Gasteiger partial charge in [0.05, 0.1) is 11.8 Å². The average molecular weight is 451 g/mol. The summed E-state index contributed by atoms with van der Waals surface area (Å²) in [6.45, 7) is 3.74. The number of halogens is 2. The smallest absolute Gasteiger partial charge is 0.313 e. The molecule has 9 heteroatoms. The first-order valence-electron chi connectivity index (χ1n) is 9.72. The first-order valence-corrected chi connectivity index (χ1v) is 9.72. The number of nitrogens with one attached hydrogen (secondary N) is 2.